The smallest absolute Gasteiger partial charge is 0.225 e. The highest BCUT2D eigenvalue weighted by molar-refractivity contribution is 7.18. The summed E-state index contributed by atoms with van der Waals surface area (Å²) >= 11 is 7.62. The number of halogens is 1. The molecule has 1 fully saturated rings. The van der Waals surface area contributed by atoms with Crippen molar-refractivity contribution in [1.82, 2.24) is 9.97 Å². The second kappa shape index (κ2) is 6.04. The zero-order valence-corrected chi connectivity index (χ0v) is 13.4. The molecule has 3 heterocycles. The van der Waals surface area contributed by atoms with Crippen molar-refractivity contribution in [2.75, 3.05) is 25.1 Å². The van der Waals surface area contributed by atoms with Crippen LogP contribution in [0.2, 0.25) is 5.28 Å². The van der Waals surface area contributed by atoms with Gasteiger partial charge in [0.05, 0.1) is 11.0 Å². The van der Waals surface area contributed by atoms with Gasteiger partial charge < -0.3 is 15.2 Å². The van der Waals surface area contributed by atoms with Gasteiger partial charge in [-0.05, 0) is 24.1 Å². The zero-order valence-electron chi connectivity index (χ0n) is 11.9. The van der Waals surface area contributed by atoms with Gasteiger partial charge in [0.1, 0.15) is 10.6 Å². The molecule has 0 aromatic carbocycles. The van der Waals surface area contributed by atoms with Gasteiger partial charge in [0.25, 0.3) is 0 Å². The molecule has 0 atom stereocenters. The Morgan fingerprint density at radius 1 is 1.43 bits per heavy atom. The predicted octanol–water partition coefficient (Wildman–Crippen LogP) is 2.86. The molecule has 2 N–H and O–H groups in total. The van der Waals surface area contributed by atoms with Crippen LogP contribution in [0, 0.1) is 0 Å². The second-order valence-electron chi connectivity index (χ2n) is 5.32. The molecule has 5 nitrogen and oxygen atoms in total. The number of nitrogens with zero attached hydrogens (tertiary/aromatic N) is 2. The van der Waals surface area contributed by atoms with Gasteiger partial charge in [-0.15, -0.1) is 11.3 Å². The molecule has 0 unspecified atom stereocenters. The van der Waals surface area contributed by atoms with Crippen molar-refractivity contribution in [3.8, 4) is 0 Å². The van der Waals surface area contributed by atoms with E-state index in [1.807, 2.05) is 0 Å². The number of fused-ring (bicyclic) bond motifs is 1. The summed E-state index contributed by atoms with van der Waals surface area (Å²) in [5.74, 6) is 0.695. The molecule has 7 heteroatoms. The van der Waals surface area contributed by atoms with Crippen LogP contribution in [-0.2, 0) is 11.2 Å². The molecule has 1 saturated heterocycles. The van der Waals surface area contributed by atoms with Gasteiger partial charge in [-0.2, -0.15) is 0 Å². The fraction of sp³-hybridized carbons (Fsp3) is 0.571. The van der Waals surface area contributed by atoms with E-state index in [0.717, 1.165) is 16.6 Å². The van der Waals surface area contributed by atoms with Crippen molar-refractivity contribution in [3.05, 3.63) is 16.2 Å². The Labute approximate surface area is 132 Å². The maximum absolute atomic E-state index is 10.5. The van der Waals surface area contributed by atoms with Crippen molar-refractivity contribution in [1.29, 1.82) is 0 Å². The van der Waals surface area contributed by atoms with E-state index in [1.54, 1.807) is 11.3 Å². The summed E-state index contributed by atoms with van der Waals surface area (Å²) in [6.07, 6.45) is 2.22. The Morgan fingerprint density at radius 3 is 2.90 bits per heavy atom. The fourth-order valence-electron chi connectivity index (χ4n) is 2.43. The molecule has 2 aromatic rings. The molecule has 0 saturated carbocycles. The number of rotatable bonds is 4. The van der Waals surface area contributed by atoms with Crippen molar-refractivity contribution >= 4 is 39.0 Å². The largest absolute Gasteiger partial charge is 0.388 e. The van der Waals surface area contributed by atoms with Crippen LogP contribution in [0.15, 0.2) is 6.07 Å². The number of hydrogen-bond donors (Lipinski definition) is 2. The number of aromatic nitrogens is 2. The number of aryl methyl sites for hydroxylation is 1. The van der Waals surface area contributed by atoms with Crippen LogP contribution in [0.4, 0.5) is 5.82 Å². The molecule has 0 bridgehead atoms. The summed E-state index contributed by atoms with van der Waals surface area (Å²) in [7, 11) is 0. The lowest BCUT2D eigenvalue weighted by molar-refractivity contribution is -0.0543. The third kappa shape index (κ3) is 3.29. The number of aliphatic hydroxyl groups is 1. The van der Waals surface area contributed by atoms with Gasteiger partial charge >= 0.3 is 0 Å². The lowest BCUT2D eigenvalue weighted by atomic mass is 9.94. The summed E-state index contributed by atoms with van der Waals surface area (Å²) in [6.45, 7) is 3.74. The molecule has 1 aliphatic rings. The molecular weight excluding hydrogens is 310 g/mol. The Balaban J connectivity index is 1.84. The molecule has 2 aromatic heterocycles. The molecule has 0 spiro atoms. The zero-order chi connectivity index (χ0) is 14.9. The van der Waals surface area contributed by atoms with E-state index in [4.69, 9.17) is 16.3 Å². The van der Waals surface area contributed by atoms with Crippen LogP contribution >= 0.6 is 22.9 Å². The molecule has 0 amide bonds. The maximum atomic E-state index is 10.5. The van der Waals surface area contributed by atoms with Gasteiger partial charge in [0.15, 0.2) is 0 Å². The van der Waals surface area contributed by atoms with E-state index in [9.17, 15) is 5.11 Å². The number of thiophene rings is 1. The third-order valence-corrected chi connectivity index (χ3v) is 5.12. The van der Waals surface area contributed by atoms with E-state index < -0.39 is 5.60 Å². The first-order valence-corrected chi connectivity index (χ1v) is 8.29. The molecule has 0 aliphatic carbocycles. The van der Waals surface area contributed by atoms with Crippen molar-refractivity contribution in [3.63, 3.8) is 0 Å². The highest BCUT2D eigenvalue weighted by atomic mass is 35.5. The highest BCUT2D eigenvalue weighted by Gasteiger charge is 2.29. The molecule has 0 radical (unpaired) electrons. The average molecular weight is 328 g/mol. The van der Waals surface area contributed by atoms with Crippen molar-refractivity contribution in [2.45, 2.75) is 31.8 Å². The van der Waals surface area contributed by atoms with Crippen LogP contribution in [0.5, 0.6) is 0 Å². The van der Waals surface area contributed by atoms with E-state index in [2.05, 4.69) is 28.3 Å². The number of anilines is 1. The quantitative estimate of drug-likeness (QED) is 0.845. The van der Waals surface area contributed by atoms with E-state index in [0.29, 0.717) is 38.4 Å². The van der Waals surface area contributed by atoms with Crippen LogP contribution in [0.25, 0.3) is 10.2 Å². The minimum Gasteiger partial charge on any atom is -0.388 e. The number of hydrogen-bond acceptors (Lipinski definition) is 6. The monoisotopic (exact) mass is 327 g/mol. The number of nitrogens with one attached hydrogen (secondary N) is 1. The fourth-order valence-corrected chi connectivity index (χ4v) is 3.62. The molecular formula is C14H18ClN3O2S. The Kier molecular flexibility index (Phi) is 4.31. The minimum atomic E-state index is -0.744. The summed E-state index contributed by atoms with van der Waals surface area (Å²) in [6, 6.07) is 2.09. The van der Waals surface area contributed by atoms with Gasteiger partial charge in [-0.1, -0.05) is 6.92 Å². The third-order valence-electron chi connectivity index (χ3n) is 3.77. The van der Waals surface area contributed by atoms with Crippen molar-refractivity contribution in [2.24, 2.45) is 0 Å². The first-order valence-electron chi connectivity index (χ1n) is 7.09. The van der Waals surface area contributed by atoms with Gasteiger partial charge in [0, 0.05) is 37.5 Å². The minimum absolute atomic E-state index is 0.230. The van der Waals surface area contributed by atoms with E-state index in [1.165, 1.54) is 4.88 Å². The first-order chi connectivity index (χ1) is 10.1. The summed E-state index contributed by atoms with van der Waals surface area (Å²) in [4.78, 5) is 10.7. The van der Waals surface area contributed by atoms with Crippen LogP contribution in [0.1, 0.15) is 24.6 Å². The second-order valence-corrected chi connectivity index (χ2v) is 6.77. The molecule has 1 aliphatic heterocycles. The Bertz CT molecular complexity index is 640. The van der Waals surface area contributed by atoms with E-state index >= 15 is 0 Å². The van der Waals surface area contributed by atoms with Crippen molar-refractivity contribution < 1.29 is 9.84 Å². The molecule has 114 valence electrons. The van der Waals surface area contributed by atoms with Crippen LogP contribution < -0.4 is 5.32 Å². The first kappa shape index (κ1) is 15.0. The normalized spacial score (nSPS) is 18.0. The lowest BCUT2D eigenvalue weighted by Gasteiger charge is -2.32. The van der Waals surface area contributed by atoms with Gasteiger partial charge in [0.2, 0.25) is 5.28 Å². The average Bonchev–Trinajstić information content (AvgIpc) is 2.88. The molecule has 3 rings (SSSR count). The van der Waals surface area contributed by atoms with Gasteiger partial charge in [-0.25, -0.2) is 9.97 Å². The standard InChI is InChI=1S/C14H18ClN3O2S/c1-2-9-7-10-11(17-13(15)18-12(10)21-9)16-8-14(19)3-5-20-6-4-14/h7,19H,2-6,8H2,1H3,(H,16,17,18). The SMILES string of the molecule is CCc1cc2c(NCC3(O)CCOCC3)nc(Cl)nc2s1. The Hall–Kier alpha value is -0.950. The Morgan fingerprint density at radius 2 is 2.19 bits per heavy atom. The highest BCUT2D eigenvalue weighted by Crippen LogP contribution is 2.31. The van der Waals surface area contributed by atoms with Gasteiger partial charge in [-0.3, -0.25) is 0 Å². The summed E-state index contributed by atoms with van der Waals surface area (Å²) in [5.41, 5.74) is -0.744. The summed E-state index contributed by atoms with van der Waals surface area (Å²) < 4.78 is 5.29. The summed E-state index contributed by atoms with van der Waals surface area (Å²) in [5, 5.41) is 15.0. The lowest BCUT2D eigenvalue weighted by Crippen LogP contribution is -2.42. The van der Waals surface area contributed by atoms with Crippen LogP contribution in [0.3, 0.4) is 0 Å². The topological polar surface area (TPSA) is 67.3 Å². The number of ether oxygens (including phenoxy) is 1. The van der Waals surface area contributed by atoms with Crippen LogP contribution in [-0.4, -0.2) is 40.4 Å². The maximum Gasteiger partial charge on any atom is 0.225 e. The molecule has 21 heavy (non-hydrogen) atoms. The predicted molar refractivity (Wildman–Crippen MR) is 85.3 cm³/mol. The van der Waals surface area contributed by atoms with E-state index in [-0.39, 0.29) is 5.28 Å².